The quantitative estimate of drug-likeness (QED) is 0.901. The molecule has 0 atom stereocenters. The first-order chi connectivity index (χ1) is 9.39. The van der Waals surface area contributed by atoms with Gasteiger partial charge in [0.25, 0.3) is 0 Å². The van der Waals surface area contributed by atoms with Crippen molar-refractivity contribution < 1.29 is 13.2 Å². The number of nitrogens with one attached hydrogen (secondary N) is 1. The lowest BCUT2D eigenvalue weighted by Crippen LogP contribution is -2.49. The van der Waals surface area contributed by atoms with Crippen LogP contribution in [0.4, 0.5) is 0 Å². The Kier molecular flexibility index (Phi) is 4.45. The molecular weight excluding hydrogens is 276 g/mol. The van der Waals surface area contributed by atoms with Crippen LogP contribution in [0.2, 0.25) is 0 Å². The highest BCUT2D eigenvalue weighted by Crippen LogP contribution is 2.18. The Balaban J connectivity index is 2.19. The zero-order valence-corrected chi connectivity index (χ0v) is 12.6. The fourth-order valence-corrected chi connectivity index (χ4v) is 3.64. The molecule has 1 aromatic rings. The van der Waals surface area contributed by atoms with Crippen LogP contribution in [0, 0.1) is 5.92 Å². The number of amides is 1. The molecule has 1 aliphatic rings. The van der Waals surface area contributed by atoms with E-state index >= 15 is 0 Å². The SMILES string of the molecule is CC(C)Cc1ccc(S(=O)(=O)N2CCNC(=O)C2)cc1. The third-order valence-corrected chi connectivity index (χ3v) is 5.07. The average molecular weight is 296 g/mol. The van der Waals surface area contributed by atoms with E-state index in [2.05, 4.69) is 19.2 Å². The minimum Gasteiger partial charge on any atom is -0.354 e. The fourth-order valence-electron chi connectivity index (χ4n) is 2.24. The second-order valence-electron chi connectivity index (χ2n) is 5.43. The van der Waals surface area contributed by atoms with E-state index in [4.69, 9.17) is 0 Å². The predicted octanol–water partition coefficient (Wildman–Crippen LogP) is 1.01. The monoisotopic (exact) mass is 296 g/mol. The van der Waals surface area contributed by atoms with E-state index in [0.29, 0.717) is 19.0 Å². The van der Waals surface area contributed by atoms with Crippen LogP contribution in [0.15, 0.2) is 29.2 Å². The largest absolute Gasteiger partial charge is 0.354 e. The van der Waals surface area contributed by atoms with Crippen LogP contribution in [0.5, 0.6) is 0 Å². The molecule has 0 radical (unpaired) electrons. The predicted molar refractivity (Wildman–Crippen MR) is 76.8 cm³/mol. The van der Waals surface area contributed by atoms with E-state index < -0.39 is 10.0 Å². The van der Waals surface area contributed by atoms with Gasteiger partial charge < -0.3 is 5.32 Å². The zero-order chi connectivity index (χ0) is 14.8. The van der Waals surface area contributed by atoms with Crippen molar-refractivity contribution in [2.75, 3.05) is 19.6 Å². The van der Waals surface area contributed by atoms with Crippen molar-refractivity contribution in [3.8, 4) is 0 Å². The molecule has 1 aromatic carbocycles. The lowest BCUT2D eigenvalue weighted by Gasteiger charge is -2.25. The molecule has 0 aliphatic carbocycles. The lowest BCUT2D eigenvalue weighted by atomic mass is 10.0. The number of hydrogen-bond donors (Lipinski definition) is 1. The third kappa shape index (κ3) is 3.37. The van der Waals surface area contributed by atoms with Crippen LogP contribution >= 0.6 is 0 Å². The Hall–Kier alpha value is -1.40. The highest BCUT2D eigenvalue weighted by molar-refractivity contribution is 7.89. The van der Waals surface area contributed by atoms with Gasteiger partial charge in [-0.3, -0.25) is 4.79 Å². The van der Waals surface area contributed by atoms with Crippen molar-refractivity contribution in [2.24, 2.45) is 5.92 Å². The second kappa shape index (κ2) is 5.93. The van der Waals surface area contributed by atoms with E-state index in [0.717, 1.165) is 12.0 Å². The lowest BCUT2D eigenvalue weighted by molar-refractivity contribution is -0.122. The summed E-state index contributed by atoms with van der Waals surface area (Å²) in [5, 5.41) is 2.62. The molecule has 1 N–H and O–H groups in total. The van der Waals surface area contributed by atoms with Crippen molar-refractivity contribution in [1.29, 1.82) is 0 Å². The highest BCUT2D eigenvalue weighted by Gasteiger charge is 2.28. The second-order valence-corrected chi connectivity index (χ2v) is 7.37. The van der Waals surface area contributed by atoms with Crippen LogP contribution in [-0.2, 0) is 21.2 Å². The number of carbonyl (C=O) groups excluding carboxylic acids is 1. The van der Waals surface area contributed by atoms with Crippen LogP contribution in [0.1, 0.15) is 19.4 Å². The summed E-state index contributed by atoms with van der Waals surface area (Å²) >= 11 is 0. The van der Waals surface area contributed by atoms with Crippen molar-refractivity contribution >= 4 is 15.9 Å². The molecule has 2 rings (SSSR count). The standard InChI is InChI=1S/C14H20N2O3S/c1-11(2)9-12-3-5-13(6-4-12)20(18,19)16-8-7-15-14(17)10-16/h3-6,11H,7-10H2,1-2H3,(H,15,17). The average Bonchev–Trinajstić information content (AvgIpc) is 2.38. The minimum absolute atomic E-state index is 0.101. The summed E-state index contributed by atoms with van der Waals surface area (Å²) in [6.07, 6.45) is 0.923. The summed E-state index contributed by atoms with van der Waals surface area (Å²) in [5.74, 6) is 0.277. The Bertz CT molecular complexity index is 579. The Morgan fingerprint density at radius 3 is 2.45 bits per heavy atom. The van der Waals surface area contributed by atoms with E-state index in [1.165, 1.54) is 4.31 Å². The van der Waals surface area contributed by atoms with Crippen LogP contribution in [0.3, 0.4) is 0 Å². The van der Waals surface area contributed by atoms with Gasteiger partial charge in [-0.1, -0.05) is 26.0 Å². The molecule has 1 fully saturated rings. The Morgan fingerprint density at radius 2 is 1.90 bits per heavy atom. The maximum absolute atomic E-state index is 12.4. The molecule has 0 bridgehead atoms. The summed E-state index contributed by atoms with van der Waals surface area (Å²) in [5.41, 5.74) is 1.12. The van der Waals surface area contributed by atoms with E-state index in [9.17, 15) is 13.2 Å². The normalized spacial score (nSPS) is 17.2. The van der Waals surface area contributed by atoms with Crippen molar-refractivity contribution in [2.45, 2.75) is 25.2 Å². The number of nitrogens with zero attached hydrogens (tertiary/aromatic N) is 1. The number of piperazine rings is 1. The number of benzene rings is 1. The summed E-state index contributed by atoms with van der Waals surface area (Å²) in [6.45, 7) is 4.83. The molecule has 1 saturated heterocycles. The van der Waals surface area contributed by atoms with E-state index in [-0.39, 0.29) is 17.3 Å². The summed E-state index contributed by atoms with van der Waals surface area (Å²) < 4.78 is 26.0. The number of hydrogen-bond acceptors (Lipinski definition) is 3. The fraction of sp³-hybridized carbons (Fsp3) is 0.500. The molecule has 6 heteroatoms. The van der Waals surface area contributed by atoms with Crippen molar-refractivity contribution in [1.82, 2.24) is 9.62 Å². The van der Waals surface area contributed by atoms with E-state index in [1.807, 2.05) is 12.1 Å². The molecular formula is C14H20N2O3S. The first kappa shape index (κ1) is 15.0. The van der Waals surface area contributed by atoms with Gasteiger partial charge >= 0.3 is 0 Å². The van der Waals surface area contributed by atoms with Gasteiger partial charge in [0.15, 0.2) is 0 Å². The van der Waals surface area contributed by atoms with Gasteiger partial charge in [0.1, 0.15) is 0 Å². The topological polar surface area (TPSA) is 66.5 Å². The highest BCUT2D eigenvalue weighted by atomic mass is 32.2. The maximum Gasteiger partial charge on any atom is 0.243 e. The van der Waals surface area contributed by atoms with Gasteiger partial charge in [-0.05, 0) is 30.0 Å². The van der Waals surface area contributed by atoms with Crippen LogP contribution in [0.25, 0.3) is 0 Å². The zero-order valence-electron chi connectivity index (χ0n) is 11.8. The van der Waals surface area contributed by atoms with Crippen molar-refractivity contribution in [3.05, 3.63) is 29.8 Å². The van der Waals surface area contributed by atoms with E-state index in [1.54, 1.807) is 12.1 Å². The van der Waals surface area contributed by atoms with Gasteiger partial charge in [-0.15, -0.1) is 0 Å². The van der Waals surface area contributed by atoms with Crippen LogP contribution in [-0.4, -0.2) is 38.3 Å². The number of rotatable bonds is 4. The molecule has 0 aromatic heterocycles. The molecule has 20 heavy (non-hydrogen) atoms. The first-order valence-electron chi connectivity index (χ1n) is 6.75. The maximum atomic E-state index is 12.4. The Morgan fingerprint density at radius 1 is 1.25 bits per heavy atom. The summed E-state index contributed by atoms with van der Waals surface area (Å²) in [7, 11) is -3.57. The molecule has 1 heterocycles. The Labute approximate surface area is 120 Å². The smallest absolute Gasteiger partial charge is 0.243 e. The first-order valence-corrected chi connectivity index (χ1v) is 8.19. The number of carbonyl (C=O) groups is 1. The van der Waals surface area contributed by atoms with Crippen LogP contribution < -0.4 is 5.32 Å². The third-order valence-electron chi connectivity index (χ3n) is 3.21. The molecule has 1 amide bonds. The molecule has 1 aliphatic heterocycles. The molecule has 0 saturated carbocycles. The van der Waals surface area contributed by atoms with Gasteiger partial charge in [-0.2, -0.15) is 4.31 Å². The number of sulfonamides is 1. The van der Waals surface area contributed by atoms with Gasteiger partial charge in [0.2, 0.25) is 15.9 Å². The van der Waals surface area contributed by atoms with Gasteiger partial charge in [-0.25, -0.2) is 8.42 Å². The van der Waals surface area contributed by atoms with Crippen molar-refractivity contribution in [3.63, 3.8) is 0 Å². The molecule has 110 valence electrons. The minimum atomic E-state index is -3.57. The molecule has 0 unspecified atom stereocenters. The van der Waals surface area contributed by atoms with Gasteiger partial charge in [0, 0.05) is 13.1 Å². The van der Waals surface area contributed by atoms with Gasteiger partial charge in [0.05, 0.1) is 11.4 Å². The molecule has 5 nitrogen and oxygen atoms in total. The summed E-state index contributed by atoms with van der Waals surface area (Å²) in [6, 6.07) is 6.94. The summed E-state index contributed by atoms with van der Waals surface area (Å²) in [4.78, 5) is 11.6. The molecule has 0 spiro atoms.